The third-order valence-corrected chi connectivity index (χ3v) is 6.86. The van der Waals surface area contributed by atoms with Crippen LogP contribution < -0.4 is 4.72 Å². The molecule has 25 heavy (non-hydrogen) atoms. The van der Waals surface area contributed by atoms with Crippen LogP contribution in [0.25, 0.3) is 11.3 Å². The zero-order valence-corrected chi connectivity index (χ0v) is 16.3. The lowest BCUT2D eigenvalue weighted by Gasteiger charge is -2.14. The van der Waals surface area contributed by atoms with Gasteiger partial charge in [0.25, 0.3) is 0 Å². The van der Waals surface area contributed by atoms with Crippen molar-refractivity contribution in [3.63, 3.8) is 0 Å². The number of nitrogens with zero attached hydrogens (tertiary/aromatic N) is 1. The molecule has 0 radical (unpaired) electrons. The van der Waals surface area contributed by atoms with Crippen molar-refractivity contribution < 1.29 is 8.42 Å². The largest absolute Gasteiger partial charge is 0.341 e. The summed E-state index contributed by atoms with van der Waals surface area (Å²) in [6, 6.07) is 10.5. The number of hydrogen-bond acceptors (Lipinski definition) is 4. The Balaban J connectivity index is 1.86. The average molecular weight is 416 g/mol. The van der Waals surface area contributed by atoms with Gasteiger partial charge >= 0.3 is 0 Å². The fourth-order valence-electron chi connectivity index (χ4n) is 2.37. The lowest BCUT2D eigenvalue weighted by molar-refractivity contribution is 0.540. The van der Waals surface area contributed by atoms with E-state index in [2.05, 4.69) is 14.7 Å². The Morgan fingerprint density at radius 2 is 2.00 bits per heavy atom. The first-order valence-corrected chi connectivity index (χ1v) is 10.5. The Morgan fingerprint density at radius 3 is 2.60 bits per heavy atom. The van der Waals surface area contributed by atoms with Crippen LogP contribution in [0.3, 0.4) is 0 Å². The van der Waals surface area contributed by atoms with Crippen LogP contribution in [0.5, 0.6) is 0 Å². The standard InChI is InChI=1S/C16H15Cl2N3O2S2/c1-2-11(21-25(22,23)13-8-14(17)24-15(13)18)16-19-9-12(20-16)10-6-4-3-5-7-10/h3-9,11,21H,2H2,1H3,(H,19,20). The maximum Gasteiger partial charge on any atom is 0.243 e. The van der Waals surface area contributed by atoms with Gasteiger partial charge in [-0.05, 0) is 18.1 Å². The van der Waals surface area contributed by atoms with Crippen LogP contribution in [-0.2, 0) is 10.0 Å². The topological polar surface area (TPSA) is 74.8 Å². The highest BCUT2D eigenvalue weighted by Crippen LogP contribution is 2.35. The first-order valence-electron chi connectivity index (χ1n) is 7.48. The number of halogens is 2. The molecule has 0 aliphatic heterocycles. The number of benzene rings is 1. The number of hydrogen-bond donors (Lipinski definition) is 2. The van der Waals surface area contributed by atoms with Gasteiger partial charge in [0.05, 0.1) is 22.3 Å². The first-order chi connectivity index (χ1) is 11.9. The average Bonchev–Trinajstić information content (AvgIpc) is 3.20. The third-order valence-electron chi connectivity index (χ3n) is 3.63. The number of aromatic amines is 1. The van der Waals surface area contributed by atoms with Crippen LogP contribution >= 0.6 is 34.5 Å². The molecular formula is C16H15Cl2N3O2S2. The van der Waals surface area contributed by atoms with E-state index >= 15 is 0 Å². The summed E-state index contributed by atoms with van der Waals surface area (Å²) in [5, 5.41) is 0. The summed E-state index contributed by atoms with van der Waals surface area (Å²) in [4.78, 5) is 7.49. The van der Waals surface area contributed by atoms with Crippen molar-refractivity contribution in [3.05, 3.63) is 57.1 Å². The highest BCUT2D eigenvalue weighted by Gasteiger charge is 2.26. The molecule has 1 unspecified atom stereocenters. The summed E-state index contributed by atoms with van der Waals surface area (Å²) in [5.74, 6) is 0.544. The molecule has 0 saturated heterocycles. The molecule has 2 N–H and O–H groups in total. The summed E-state index contributed by atoms with van der Waals surface area (Å²) in [7, 11) is -3.80. The van der Waals surface area contributed by atoms with Crippen molar-refractivity contribution in [2.75, 3.05) is 0 Å². The van der Waals surface area contributed by atoms with Crippen LogP contribution in [0.2, 0.25) is 8.67 Å². The van der Waals surface area contributed by atoms with Gasteiger partial charge in [0, 0.05) is 0 Å². The smallest absolute Gasteiger partial charge is 0.243 e. The van der Waals surface area contributed by atoms with Crippen molar-refractivity contribution in [1.82, 2.24) is 14.7 Å². The molecule has 0 saturated carbocycles. The van der Waals surface area contributed by atoms with Gasteiger partial charge in [0.2, 0.25) is 10.0 Å². The minimum atomic E-state index is -3.80. The van der Waals surface area contributed by atoms with Crippen LogP contribution in [0.4, 0.5) is 0 Å². The lowest BCUT2D eigenvalue weighted by atomic mass is 10.2. The molecule has 0 fully saturated rings. The molecule has 132 valence electrons. The van der Waals surface area contributed by atoms with E-state index in [0.29, 0.717) is 16.6 Å². The van der Waals surface area contributed by atoms with E-state index < -0.39 is 16.1 Å². The third kappa shape index (κ3) is 4.07. The van der Waals surface area contributed by atoms with Crippen LogP contribution in [0, 0.1) is 0 Å². The lowest BCUT2D eigenvalue weighted by Crippen LogP contribution is -2.29. The van der Waals surface area contributed by atoms with Gasteiger partial charge in [0.1, 0.15) is 15.1 Å². The quantitative estimate of drug-likeness (QED) is 0.602. The van der Waals surface area contributed by atoms with Gasteiger partial charge < -0.3 is 4.98 Å². The van der Waals surface area contributed by atoms with E-state index in [4.69, 9.17) is 23.2 Å². The maximum absolute atomic E-state index is 12.6. The normalized spacial score (nSPS) is 13.1. The summed E-state index contributed by atoms with van der Waals surface area (Å²) in [6.45, 7) is 1.88. The molecule has 3 rings (SSSR count). The highest BCUT2D eigenvalue weighted by molar-refractivity contribution is 7.89. The minimum Gasteiger partial charge on any atom is -0.341 e. The molecule has 0 aliphatic carbocycles. The molecule has 0 spiro atoms. The van der Waals surface area contributed by atoms with Gasteiger partial charge in [-0.1, -0.05) is 60.5 Å². The molecule has 2 aromatic heterocycles. The van der Waals surface area contributed by atoms with Gasteiger partial charge in [-0.25, -0.2) is 18.1 Å². The molecule has 9 heteroatoms. The van der Waals surface area contributed by atoms with E-state index in [9.17, 15) is 8.42 Å². The molecule has 2 heterocycles. The zero-order chi connectivity index (χ0) is 18.0. The van der Waals surface area contributed by atoms with Gasteiger partial charge in [0.15, 0.2) is 0 Å². The number of imidazole rings is 1. The Bertz CT molecular complexity index is 968. The van der Waals surface area contributed by atoms with E-state index in [1.807, 2.05) is 37.3 Å². The molecule has 3 aromatic rings. The van der Waals surface area contributed by atoms with Crippen molar-refractivity contribution >= 4 is 44.6 Å². The monoisotopic (exact) mass is 415 g/mol. The van der Waals surface area contributed by atoms with Crippen LogP contribution in [0.15, 0.2) is 47.5 Å². The molecule has 0 amide bonds. The van der Waals surface area contributed by atoms with Crippen LogP contribution in [-0.4, -0.2) is 18.4 Å². The van der Waals surface area contributed by atoms with Crippen molar-refractivity contribution in [1.29, 1.82) is 0 Å². The number of thiophene rings is 1. The van der Waals surface area contributed by atoms with Gasteiger partial charge in [-0.3, -0.25) is 0 Å². The van der Waals surface area contributed by atoms with E-state index in [1.165, 1.54) is 6.07 Å². The first kappa shape index (κ1) is 18.4. The number of sulfonamides is 1. The Morgan fingerprint density at radius 1 is 1.28 bits per heavy atom. The second-order valence-electron chi connectivity index (χ2n) is 5.32. The van der Waals surface area contributed by atoms with E-state index in [1.54, 1.807) is 6.20 Å². The fourth-order valence-corrected chi connectivity index (χ4v) is 5.80. The number of rotatable bonds is 6. The molecule has 1 atom stereocenters. The van der Waals surface area contributed by atoms with Crippen molar-refractivity contribution in [2.45, 2.75) is 24.3 Å². The molecule has 0 aliphatic rings. The Hall–Kier alpha value is -1.38. The number of H-pyrrole nitrogens is 1. The molecule has 1 aromatic carbocycles. The Labute approximate surface area is 160 Å². The molecule has 5 nitrogen and oxygen atoms in total. The van der Waals surface area contributed by atoms with Gasteiger partial charge in [-0.15, -0.1) is 11.3 Å². The molecule has 0 bridgehead atoms. The maximum atomic E-state index is 12.6. The van der Waals surface area contributed by atoms with Crippen molar-refractivity contribution in [3.8, 4) is 11.3 Å². The molecular weight excluding hydrogens is 401 g/mol. The predicted octanol–water partition coefficient (Wildman–Crippen LogP) is 4.87. The number of aromatic nitrogens is 2. The SMILES string of the molecule is CCC(NS(=O)(=O)c1cc(Cl)sc1Cl)c1ncc(-c2ccccc2)[nH]1. The minimum absolute atomic E-state index is 0.0162. The predicted molar refractivity (Wildman–Crippen MR) is 102 cm³/mol. The van der Waals surface area contributed by atoms with E-state index in [-0.39, 0.29) is 9.23 Å². The summed E-state index contributed by atoms with van der Waals surface area (Å²) >= 11 is 12.8. The van der Waals surface area contributed by atoms with Crippen LogP contribution in [0.1, 0.15) is 25.2 Å². The summed E-state index contributed by atoms with van der Waals surface area (Å²) in [5.41, 5.74) is 1.80. The van der Waals surface area contributed by atoms with E-state index in [0.717, 1.165) is 22.6 Å². The highest BCUT2D eigenvalue weighted by atomic mass is 35.5. The number of nitrogens with one attached hydrogen (secondary N) is 2. The van der Waals surface area contributed by atoms with Crippen molar-refractivity contribution in [2.24, 2.45) is 0 Å². The second-order valence-corrected chi connectivity index (χ2v) is 9.29. The second kappa shape index (κ2) is 7.47. The summed E-state index contributed by atoms with van der Waals surface area (Å²) < 4.78 is 28.3. The van der Waals surface area contributed by atoms with Gasteiger partial charge in [-0.2, -0.15) is 0 Å². The summed E-state index contributed by atoms with van der Waals surface area (Å²) in [6.07, 6.45) is 2.21. The Kier molecular flexibility index (Phi) is 5.50. The zero-order valence-electron chi connectivity index (χ0n) is 13.2. The fraction of sp³-hybridized carbons (Fsp3) is 0.188.